The molecule has 0 atom stereocenters. The lowest BCUT2D eigenvalue weighted by Crippen LogP contribution is -2.26. The number of nitrogens with zero attached hydrogens (tertiary/aromatic N) is 2. The number of aryl methyl sites for hydroxylation is 1. The van der Waals surface area contributed by atoms with Crippen molar-refractivity contribution in [3.63, 3.8) is 0 Å². The van der Waals surface area contributed by atoms with Crippen molar-refractivity contribution in [3.05, 3.63) is 11.1 Å². The third-order valence-corrected chi connectivity index (χ3v) is 4.43. The molecule has 1 saturated heterocycles. The van der Waals surface area contributed by atoms with E-state index in [9.17, 15) is 4.79 Å². The Morgan fingerprint density at radius 3 is 2.68 bits per heavy atom. The van der Waals surface area contributed by atoms with Gasteiger partial charge in [-0.2, -0.15) is 0 Å². The number of hydrogen-bond donors (Lipinski definition) is 0. The van der Waals surface area contributed by atoms with Crippen LogP contribution in [0.4, 0.5) is 5.13 Å². The lowest BCUT2D eigenvalue weighted by Gasteiger charge is -2.23. The van der Waals surface area contributed by atoms with Crippen molar-refractivity contribution < 1.29 is 9.53 Å². The van der Waals surface area contributed by atoms with Crippen LogP contribution in [0.15, 0.2) is 5.38 Å². The normalized spacial score (nSPS) is 16.8. The van der Waals surface area contributed by atoms with Gasteiger partial charge in [0.05, 0.1) is 19.2 Å². The number of thiazole rings is 1. The van der Waals surface area contributed by atoms with E-state index in [2.05, 4.69) is 20.0 Å². The zero-order chi connectivity index (χ0) is 13.5. The SMILES string of the molecule is COC(=O)CCc1csc(N2CCCCCCC2)n1. The molecule has 2 rings (SSSR count). The highest BCUT2D eigenvalue weighted by molar-refractivity contribution is 7.13. The van der Waals surface area contributed by atoms with E-state index in [1.807, 2.05) is 0 Å². The molecule has 1 aromatic rings. The van der Waals surface area contributed by atoms with Crippen molar-refractivity contribution in [2.75, 3.05) is 25.1 Å². The third-order valence-electron chi connectivity index (χ3n) is 3.48. The quantitative estimate of drug-likeness (QED) is 0.796. The van der Waals surface area contributed by atoms with Gasteiger partial charge in [0.2, 0.25) is 0 Å². The van der Waals surface area contributed by atoms with Gasteiger partial charge in [-0.3, -0.25) is 4.79 Å². The molecule has 4 nitrogen and oxygen atoms in total. The van der Waals surface area contributed by atoms with Crippen LogP contribution in [0.25, 0.3) is 0 Å². The monoisotopic (exact) mass is 282 g/mol. The van der Waals surface area contributed by atoms with Gasteiger partial charge in [0.1, 0.15) is 0 Å². The van der Waals surface area contributed by atoms with E-state index >= 15 is 0 Å². The topological polar surface area (TPSA) is 42.4 Å². The summed E-state index contributed by atoms with van der Waals surface area (Å²) in [7, 11) is 1.43. The Labute approximate surface area is 118 Å². The second kappa shape index (κ2) is 7.48. The molecule has 106 valence electrons. The largest absolute Gasteiger partial charge is 0.469 e. The Hall–Kier alpha value is -1.10. The molecule has 1 aliphatic rings. The fraction of sp³-hybridized carbons (Fsp3) is 0.714. The van der Waals surface area contributed by atoms with Gasteiger partial charge in [-0.15, -0.1) is 11.3 Å². The minimum atomic E-state index is -0.166. The third kappa shape index (κ3) is 4.49. The van der Waals surface area contributed by atoms with Crippen LogP contribution in [0, 0.1) is 0 Å². The summed E-state index contributed by atoms with van der Waals surface area (Å²) in [4.78, 5) is 18.2. The van der Waals surface area contributed by atoms with Gasteiger partial charge in [-0.25, -0.2) is 4.98 Å². The van der Waals surface area contributed by atoms with Crippen LogP contribution in [0.5, 0.6) is 0 Å². The van der Waals surface area contributed by atoms with E-state index in [0.717, 1.165) is 23.9 Å². The van der Waals surface area contributed by atoms with Crippen LogP contribution in [-0.4, -0.2) is 31.2 Å². The van der Waals surface area contributed by atoms with Crippen molar-refractivity contribution in [3.8, 4) is 0 Å². The van der Waals surface area contributed by atoms with Gasteiger partial charge in [-0.1, -0.05) is 19.3 Å². The van der Waals surface area contributed by atoms with Crippen molar-refractivity contribution in [1.29, 1.82) is 0 Å². The summed E-state index contributed by atoms with van der Waals surface area (Å²) in [6, 6.07) is 0. The molecular weight excluding hydrogens is 260 g/mol. The molecule has 19 heavy (non-hydrogen) atoms. The van der Waals surface area contributed by atoms with Crippen LogP contribution >= 0.6 is 11.3 Å². The first kappa shape index (κ1) is 14.3. The lowest BCUT2D eigenvalue weighted by molar-refractivity contribution is -0.140. The minimum absolute atomic E-state index is 0.166. The maximum atomic E-state index is 11.1. The van der Waals surface area contributed by atoms with E-state index in [4.69, 9.17) is 0 Å². The molecule has 0 unspecified atom stereocenters. The Kier molecular flexibility index (Phi) is 5.63. The number of hydrogen-bond acceptors (Lipinski definition) is 5. The molecule has 0 bridgehead atoms. The maximum Gasteiger partial charge on any atom is 0.305 e. The molecule has 1 fully saturated rings. The number of carbonyl (C=O) groups is 1. The van der Waals surface area contributed by atoms with Crippen LogP contribution in [0.1, 0.15) is 44.2 Å². The van der Waals surface area contributed by atoms with E-state index in [1.54, 1.807) is 11.3 Å². The molecule has 0 saturated carbocycles. The molecule has 0 amide bonds. The summed E-state index contributed by atoms with van der Waals surface area (Å²) < 4.78 is 4.65. The van der Waals surface area contributed by atoms with Crippen LogP contribution in [-0.2, 0) is 16.0 Å². The van der Waals surface area contributed by atoms with Crippen molar-refractivity contribution in [2.24, 2.45) is 0 Å². The maximum absolute atomic E-state index is 11.1. The first-order valence-electron chi connectivity index (χ1n) is 7.06. The van der Waals surface area contributed by atoms with E-state index < -0.39 is 0 Å². The van der Waals surface area contributed by atoms with E-state index in [1.165, 1.54) is 39.2 Å². The minimum Gasteiger partial charge on any atom is -0.469 e. The summed E-state index contributed by atoms with van der Waals surface area (Å²) in [6.07, 6.45) is 7.65. The number of ether oxygens (including phenoxy) is 1. The highest BCUT2D eigenvalue weighted by Crippen LogP contribution is 2.24. The van der Waals surface area contributed by atoms with Crippen LogP contribution < -0.4 is 4.90 Å². The van der Waals surface area contributed by atoms with Crippen LogP contribution in [0.2, 0.25) is 0 Å². The standard InChI is InChI=1S/C14H22N2O2S/c1-18-13(17)8-7-12-11-19-14(15-12)16-9-5-3-2-4-6-10-16/h11H,2-10H2,1H3. The Balaban J connectivity index is 1.89. The van der Waals surface area contributed by atoms with Crippen molar-refractivity contribution >= 4 is 22.4 Å². The van der Waals surface area contributed by atoms with Crippen molar-refractivity contribution in [2.45, 2.75) is 44.9 Å². The smallest absolute Gasteiger partial charge is 0.305 e. The predicted molar refractivity (Wildman–Crippen MR) is 77.7 cm³/mol. The van der Waals surface area contributed by atoms with Gasteiger partial charge >= 0.3 is 5.97 Å². The Morgan fingerprint density at radius 2 is 2.00 bits per heavy atom. The number of rotatable bonds is 4. The molecule has 0 aliphatic carbocycles. The molecule has 2 heterocycles. The summed E-state index contributed by atoms with van der Waals surface area (Å²) >= 11 is 1.69. The lowest BCUT2D eigenvalue weighted by atomic mass is 10.1. The molecule has 0 N–H and O–H groups in total. The fourth-order valence-electron chi connectivity index (χ4n) is 2.33. The second-order valence-electron chi connectivity index (χ2n) is 4.95. The molecule has 1 aromatic heterocycles. The molecule has 0 radical (unpaired) electrons. The second-order valence-corrected chi connectivity index (χ2v) is 5.79. The van der Waals surface area contributed by atoms with Gasteiger partial charge < -0.3 is 9.64 Å². The highest BCUT2D eigenvalue weighted by Gasteiger charge is 2.13. The molecule has 5 heteroatoms. The number of carbonyl (C=O) groups excluding carboxylic acids is 1. The van der Waals surface area contributed by atoms with Gasteiger partial charge in [-0.05, 0) is 12.8 Å². The highest BCUT2D eigenvalue weighted by atomic mass is 32.1. The van der Waals surface area contributed by atoms with Crippen molar-refractivity contribution in [1.82, 2.24) is 4.98 Å². The summed E-state index contributed by atoms with van der Waals surface area (Å²) in [5, 5.41) is 3.18. The summed E-state index contributed by atoms with van der Waals surface area (Å²) in [5.41, 5.74) is 1.01. The predicted octanol–water partition coefficient (Wildman–Crippen LogP) is 3.02. The molecule has 1 aliphatic heterocycles. The number of esters is 1. The summed E-state index contributed by atoms with van der Waals surface area (Å²) in [5.74, 6) is -0.166. The average Bonchev–Trinajstić information content (AvgIpc) is 2.84. The first-order chi connectivity index (χ1) is 9.29. The first-order valence-corrected chi connectivity index (χ1v) is 7.94. The Morgan fingerprint density at radius 1 is 1.32 bits per heavy atom. The average molecular weight is 282 g/mol. The molecule has 0 spiro atoms. The fourth-order valence-corrected chi connectivity index (χ4v) is 3.24. The van der Waals surface area contributed by atoms with Gasteiger partial charge in [0.25, 0.3) is 0 Å². The molecular formula is C14H22N2O2S. The Bertz CT molecular complexity index is 398. The molecule has 0 aromatic carbocycles. The zero-order valence-corrected chi connectivity index (χ0v) is 12.4. The van der Waals surface area contributed by atoms with Crippen LogP contribution in [0.3, 0.4) is 0 Å². The van der Waals surface area contributed by atoms with E-state index in [-0.39, 0.29) is 5.97 Å². The van der Waals surface area contributed by atoms with Gasteiger partial charge in [0, 0.05) is 24.9 Å². The van der Waals surface area contributed by atoms with Gasteiger partial charge in [0.15, 0.2) is 5.13 Å². The number of aromatic nitrogens is 1. The number of anilines is 1. The zero-order valence-electron chi connectivity index (χ0n) is 11.6. The van der Waals surface area contributed by atoms with E-state index in [0.29, 0.717) is 12.8 Å². The summed E-state index contributed by atoms with van der Waals surface area (Å²) in [6.45, 7) is 2.23. The number of methoxy groups -OCH3 is 1.